The van der Waals surface area contributed by atoms with Crippen molar-refractivity contribution in [2.75, 3.05) is 6.61 Å². The highest BCUT2D eigenvalue weighted by Gasteiger charge is 2.37. The summed E-state index contributed by atoms with van der Waals surface area (Å²) >= 11 is 3.79. The van der Waals surface area contributed by atoms with Crippen molar-refractivity contribution < 1.29 is 9.57 Å². The van der Waals surface area contributed by atoms with Gasteiger partial charge in [-0.2, -0.15) is 0 Å². The molecule has 0 amide bonds. The molecule has 142 valence electrons. The lowest BCUT2D eigenvalue weighted by Gasteiger charge is -2.33. The van der Waals surface area contributed by atoms with Crippen LogP contribution in [-0.2, 0) is 4.84 Å². The van der Waals surface area contributed by atoms with Crippen LogP contribution in [0.15, 0.2) is 90.1 Å². The van der Waals surface area contributed by atoms with Crippen LogP contribution in [0.25, 0.3) is 11.1 Å². The minimum absolute atomic E-state index is 0.105. The van der Waals surface area contributed by atoms with Gasteiger partial charge in [-0.1, -0.05) is 93.9 Å². The van der Waals surface area contributed by atoms with Crippen LogP contribution < -0.4 is 4.74 Å². The average Bonchev–Trinajstić information content (AvgIpc) is 2.74. The summed E-state index contributed by atoms with van der Waals surface area (Å²) in [4.78, 5) is 5.98. The van der Waals surface area contributed by atoms with Gasteiger partial charge < -0.3 is 9.57 Å². The predicted octanol–water partition coefficient (Wildman–Crippen LogP) is 6.08. The Morgan fingerprint density at radius 2 is 1.46 bits per heavy atom. The number of benzene rings is 3. The highest BCUT2D eigenvalue weighted by atomic mass is 79.9. The predicted molar refractivity (Wildman–Crippen MR) is 117 cm³/mol. The van der Waals surface area contributed by atoms with Gasteiger partial charge in [-0.15, -0.1) is 0 Å². The molecule has 2 atom stereocenters. The molecule has 0 radical (unpaired) electrons. The zero-order valence-electron chi connectivity index (χ0n) is 15.7. The minimum Gasteiger partial charge on any atom is -0.489 e. The second-order valence-corrected chi connectivity index (χ2v) is 8.34. The number of hydrogen-bond acceptors (Lipinski definition) is 3. The van der Waals surface area contributed by atoms with Crippen molar-refractivity contribution in [1.29, 1.82) is 0 Å². The summed E-state index contributed by atoms with van der Waals surface area (Å²) in [5.41, 5.74) is 3.90. The molecule has 3 nitrogen and oxygen atoms in total. The van der Waals surface area contributed by atoms with E-state index in [-0.39, 0.29) is 4.83 Å². The van der Waals surface area contributed by atoms with Gasteiger partial charge in [0.05, 0.1) is 4.83 Å². The van der Waals surface area contributed by atoms with Crippen LogP contribution in [0.4, 0.5) is 0 Å². The molecular formula is C24H22BrNO2. The van der Waals surface area contributed by atoms with Gasteiger partial charge in [-0.05, 0) is 30.2 Å². The lowest BCUT2D eigenvalue weighted by Crippen LogP contribution is -2.42. The summed E-state index contributed by atoms with van der Waals surface area (Å²) in [5, 5.41) is 4.44. The van der Waals surface area contributed by atoms with E-state index in [1.165, 1.54) is 11.1 Å². The van der Waals surface area contributed by atoms with Crippen LogP contribution in [-0.4, -0.2) is 22.7 Å². The van der Waals surface area contributed by atoms with Gasteiger partial charge in [0.15, 0.2) is 5.60 Å². The van der Waals surface area contributed by atoms with Crippen LogP contribution in [0, 0.1) is 0 Å². The number of hydrogen-bond donors (Lipinski definition) is 0. The van der Waals surface area contributed by atoms with Crippen molar-refractivity contribution in [2.45, 2.75) is 23.8 Å². The standard InChI is InChI=1S/C24H22BrNO2/c1-24(17-27-21-10-6-3-7-11-21)16-22(25)23(26-28-24)20-14-12-19(13-15-20)18-8-4-2-5-9-18/h2-15,22H,16-17H2,1H3. The van der Waals surface area contributed by atoms with Gasteiger partial charge in [0.2, 0.25) is 0 Å². The van der Waals surface area contributed by atoms with Crippen molar-refractivity contribution in [2.24, 2.45) is 5.16 Å². The van der Waals surface area contributed by atoms with E-state index in [0.29, 0.717) is 6.61 Å². The van der Waals surface area contributed by atoms with Gasteiger partial charge >= 0.3 is 0 Å². The highest BCUT2D eigenvalue weighted by Crippen LogP contribution is 2.31. The fourth-order valence-electron chi connectivity index (χ4n) is 3.27. The summed E-state index contributed by atoms with van der Waals surface area (Å²) in [6, 6.07) is 28.6. The summed E-state index contributed by atoms with van der Waals surface area (Å²) < 4.78 is 5.89. The van der Waals surface area contributed by atoms with Crippen molar-refractivity contribution in [3.63, 3.8) is 0 Å². The van der Waals surface area contributed by atoms with Crippen LogP contribution in [0.2, 0.25) is 0 Å². The van der Waals surface area contributed by atoms with E-state index in [4.69, 9.17) is 9.57 Å². The van der Waals surface area contributed by atoms with Gasteiger partial charge in [0, 0.05) is 12.0 Å². The molecule has 1 aliphatic heterocycles. The first-order valence-electron chi connectivity index (χ1n) is 9.37. The lowest BCUT2D eigenvalue weighted by molar-refractivity contribution is -0.0689. The van der Waals surface area contributed by atoms with E-state index in [2.05, 4.69) is 69.6 Å². The summed E-state index contributed by atoms with van der Waals surface area (Å²) in [7, 11) is 0. The third kappa shape index (κ3) is 4.28. The monoisotopic (exact) mass is 435 g/mol. The van der Waals surface area contributed by atoms with Gasteiger partial charge in [-0.3, -0.25) is 0 Å². The van der Waals surface area contributed by atoms with Crippen LogP contribution in [0.1, 0.15) is 18.9 Å². The Bertz CT molecular complexity index is 941. The molecule has 0 fully saturated rings. The minimum atomic E-state index is -0.475. The first kappa shape index (κ1) is 18.8. The molecule has 0 saturated heterocycles. The van der Waals surface area contributed by atoms with Gasteiger partial charge in [0.1, 0.15) is 18.1 Å². The summed E-state index contributed by atoms with van der Waals surface area (Å²) in [6.45, 7) is 2.48. The summed E-state index contributed by atoms with van der Waals surface area (Å²) in [6.07, 6.45) is 0.777. The SMILES string of the molecule is CC1(COc2ccccc2)CC(Br)C(c2ccc(-c3ccccc3)cc2)=NO1. The maximum Gasteiger partial charge on any atom is 0.170 e. The molecule has 0 aromatic heterocycles. The topological polar surface area (TPSA) is 30.8 Å². The van der Waals surface area contributed by atoms with Crippen molar-refractivity contribution in [3.05, 3.63) is 90.5 Å². The normalized spacial score (nSPS) is 21.5. The van der Waals surface area contributed by atoms with E-state index in [1.54, 1.807) is 0 Å². The molecule has 1 heterocycles. The number of alkyl halides is 1. The van der Waals surface area contributed by atoms with Crippen LogP contribution in [0.3, 0.4) is 0 Å². The maximum absolute atomic E-state index is 5.89. The molecule has 1 aliphatic rings. The number of ether oxygens (including phenoxy) is 1. The Morgan fingerprint density at radius 3 is 2.11 bits per heavy atom. The van der Waals surface area contributed by atoms with Gasteiger partial charge in [0.25, 0.3) is 0 Å². The van der Waals surface area contributed by atoms with E-state index in [9.17, 15) is 0 Å². The zero-order chi connectivity index (χ0) is 19.4. The highest BCUT2D eigenvalue weighted by molar-refractivity contribution is 9.10. The smallest absolute Gasteiger partial charge is 0.170 e. The third-order valence-corrected chi connectivity index (χ3v) is 5.60. The third-order valence-electron chi connectivity index (χ3n) is 4.85. The largest absolute Gasteiger partial charge is 0.489 e. The number of halogens is 1. The Labute approximate surface area is 174 Å². The number of nitrogens with zero attached hydrogens (tertiary/aromatic N) is 1. The molecule has 28 heavy (non-hydrogen) atoms. The Hall–Kier alpha value is -2.59. The molecule has 0 saturated carbocycles. The quantitative estimate of drug-likeness (QED) is 0.454. The van der Waals surface area contributed by atoms with Gasteiger partial charge in [-0.25, -0.2) is 0 Å². The Balaban J connectivity index is 1.46. The first-order chi connectivity index (χ1) is 13.6. The van der Waals surface area contributed by atoms with Crippen molar-refractivity contribution in [1.82, 2.24) is 0 Å². The molecule has 0 N–H and O–H groups in total. The van der Waals surface area contributed by atoms with Crippen LogP contribution in [0.5, 0.6) is 5.75 Å². The second-order valence-electron chi connectivity index (χ2n) is 7.23. The van der Waals surface area contributed by atoms with Crippen LogP contribution >= 0.6 is 15.9 Å². The molecule has 3 aromatic rings. The molecular weight excluding hydrogens is 414 g/mol. The summed E-state index contributed by atoms with van der Waals surface area (Å²) in [5.74, 6) is 0.838. The van der Waals surface area contributed by atoms with E-state index >= 15 is 0 Å². The second kappa shape index (κ2) is 8.19. The fraction of sp³-hybridized carbons (Fsp3) is 0.208. The van der Waals surface area contributed by atoms with Crippen molar-refractivity contribution in [3.8, 4) is 16.9 Å². The number of oxime groups is 1. The maximum atomic E-state index is 5.89. The number of rotatable bonds is 5. The van der Waals surface area contributed by atoms with Crippen molar-refractivity contribution >= 4 is 21.6 Å². The zero-order valence-corrected chi connectivity index (χ0v) is 17.3. The van der Waals surface area contributed by atoms with E-state index in [1.807, 2.05) is 43.3 Å². The molecule has 2 unspecified atom stereocenters. The van der Waals surface area contributed by atoms with E-state index < -0.39 is 5.60 Å². The average molecular weight is 436 g/mol. The van der Waals surface area contributed by atoms with E-state index in [0.717, 1.165) is 23.4 Å². The molecule has 0 bridgehead atoms. The molecule has 0 spiro atoms. The molecule has 0 aliphatic carbocycles. The molecule has 4 rings (SSSR count). The number of para-hydroxylation sites is 1. The molecule has 3 aromatic carbocycles. The lowest BCUT2D eigenvalue weighted by atomic mass is 9.94. The Kier molecular flexibility index (Phi) is 5.49. The molecule has 4 heteroatoms. The fourth-order valence-corrected chi connectivity index (χ4v) is 4.30. The first-order valence-corrected chi connectivity index (χ1v) is 10.3. The Morgan fingerprint density at radius 1 is 0.893 bits per heavy atom.